The summed E-state index contributed by atoms with van der Waals surface area (Å²) in [6, 6.07) is 4.65. The highest BCUT2D eigenvalue weighted by Gasteiger charge is 2.24. The molecule has 1 amide bonds. The van der Waals surface area contributed by atoms with Gasteiger partial charge >= 0.3 is 0 Å². The van der Waals surface area contributed by atoms with Gasteiger partial charge in [0, 0.05) is 11.7 Å². The Morgan fingerprint density at radius 1 is 1.48 bits per heavy atom. The van der Waals surface area contributed by atoms with Crippen molar-refractivity contribution in [1.82, 2.24) is 4.98 Å². The Bertz CT molecular complexity index is 696. The molecule has 0 bridgehead atoms. The van der Waals surface area contributed by atoms with Gasteiger partial charge in [0.05, 0.1) is 0 Å². The number of aromatic nitrogens is 1. The van der Waals surface area contributed by atoms with Crippen LogP contribution in [0.2, 0.25) is 0 Å². The third-order valence-corrected chi connectivity index (χ3v) is 4.20. The van der Waals surface area contributed by atoms with E-state index in [4.69, 9.17) is 5.73 Å². The second kappa shape index (κ2) is 5.33. The maximum atomic E-state index is 13.1. The largest absolute Gasteiger partial charge is 0.382 e. The molecule has 5 nitrogen and oxygen atoms in total. The number of carbonyl (C=O) groups is 1. The zero-order valence-electron chi connectivity index (χ0n) is 11.4. The Balaban J connectivity index is 1.76. The molecule has 0 saturated heterocycles. The first-order valence-electron chi connectivity index (χ1n) is 6.63. The number of rotatable bonds is 4. The van der Waals surface area contributed by atoms with Gasteiger partial charge in [-0.1, -0.05) is 11.3 Å². The summed E-state index contributed by atoms with van der Waals surface area (Å²) in [5.74, 6) is -0.456. The Hall–Kier alpha value is -2.15. The molecule has 4 N–H and O–H groups in total. The van der Waals surface area contributed by atoms with E-state index in [0.29, 0.717) is 27.3 Å². The van der Waals surface area contributed by atoms with Gasteiger partial charge in [0.1, 0.15) is 16.5 Å². The van der Waals surface area contributed by atoms with Gasteiger partial charge in [-0.05, 0) is 43.5 Å². The Labute approximate surface area is 125 Å². The van der Waals surface area contributed by atoms with Crippen LogP contribution in [-0.4, -0.2) is 16.9 Å². The number of amides is 1. The minimum Gasteiger partial charge on any atom is -0.382 e. The Morgan fingerprint density at radius 3 is 2.90 bits per heavy atom. The van der Waals surface area contributed by atoms with E-state index >= 15 is 0 Å². The van der Waals surface area contributed by atoms with Crippen LogP contribution in [0.15, 0.2) is 18.2 Å². The molecular weight excluding hydrogens is 291 g/mol. The topological polar surface area (TPSA) is 80.0 Å². The third-order valence-electron chi connectivity index (χ3n) is 3.20. The fourth-order valence-electron chi connectivity index (χ4n) is 1.91. The first kappa shape index (κ1) is 13.8. The molecule has 21 heavy (non-hydrogen) atoms. The van der Waals surface area contributed by atoms with E-state index in [-0.39, 0.29) is 17.5 Å². The van der Waals surface area contributed by atoms with Gasteiger partial charge in [0.2, 0.25) is 0 Å². The minimum absolute atomic E-state index is 0.209. The molecule has 0 atom stereocenters. The number of aryl methyl sites for hydroxylation is 1. The van der Waals surface area contributed by atoms with Crippen molar-refractivity contribution in [3.63, 3.8) is 0 Å². The standard InChI is InChI=1S/C14H15FN4OS/c1-7-6-8(15)2-5-10(7)18-13(20)11-12(16)19-14(21-11)17-9-3-4-9/h2,5-6,9H,3-4,16H2,1H3,(H,17,19)(H,18,20). The molecule has 2 aromatic rings. The lowest BCUT2D eigenvalue weighted by Gasteiger charge is -2.07. The molecule has 7 heteroatoms. The number of anilines is 3. The van der Waals surface area contributed by atoms with Crippen molar-refractivity contribution >= 4 is 33.9 Å². The number of thiazole rings is 1. The third kappa shape index (κ3) is 3.13. The van der Waals surface area contributed by atoms with E-state index in [2.05, 4.69) is 15.6 Å². The van der Waals surface area contributed by atoms with Crippen LogP contribution in [0, 0.1) is 12.7 Å². The molecule has 1 fully saturated rings. The number of nitrogens with one attached hydrogen (secondary N) is 2. The van der Waals surface area contributed by atoms with Crippen LogP contribution >= 0.6 is 11.3 Å². The van der Waals surface area contributed by atoms with Crippen LogP contribution in [0.25, 0.3) is 0 Å². The SMILES string of the molecule is Cc1cc(F)ccc1NC(=O)c1sc(NC2CC2)nc1N. The average molecular weight is 306 g/mol. The van der Waals surface area contributed by atoms with Gasteiger partial charge in [-0.2, -0.15) is 0 Å². The molecule has 1 heterocycles. The lowest BCUT2D eigenvalue weighted by Crippen LogP contribution is -2.13. The van der Waals surface area contributed by atoms with Crippen molar-refractivity contribution in [2.75, 3.05) is 16.4 Å². The molecule has 0 radical (unpaired) electrons. The van der Waals surface area contributed by atoms with E-state index in [1.54, 1.807) is 6.92 Å². The second-order valence-corrected chi connectivity index (χ2v) is 6.06. The number of carbonyl (C=O) groups excluding carboxylic acids is 1. The lowest BCUT2D eigenvalue weighted by molar-refractivity contribution is 0.103. The van der Waals surface area contributed by atoms with E-state index in [0.717, 1.165) is 12.8 Å². The number of hydrogen-bond acceptors (Lipinski definition) is 5. The van der Waals surface area contributed by atoms with Crippen LogP contribution in [-0.2, 0) is 0 Å². The minimum atomic E-state index is -0.335. The Morgan fingerprint density at radius 2 is 2.24 bits per heavy atom. The predicted octanol–water partition coefficient (Wildman–Crippen LogP) is 3.00. The van der Waals surface area contributed by atoms with Gasteiger partial charge in [0.25, 0.3) is 5.91 Å². The molecule has 110 valence electrons. The average Bonchev–Trinajstić information content (AvgIpc) is 3.15. The predicted molar refractivity (Wildman–Crippen MR) is 82.3 cm³/mol. The van der Waals surface area contributed by atoms with Crippen molar-refractivity contribution in [2.45, 2.75) is 25.8 Å². The molecule has 0 unspecified atom stereocenters. The van der Waals surface area contributed by atoms with Crippen LogP contribution in [0.5, 0.6) is 0 Å². The van der Waals surface area contributed by atoms with E-state index in [9.17, 15) is 9.18 Å². The summed E-state index contributed by atoms with van der Waals surface area (Å²) >= 11 is 1.23. The summed E-state index contributed by atoms with van der Waals surface area (Å²) < 4.78 is 13.1. The Kier molecular flexibility index (Phi) is 3.50. The van der Waals surface area contributed by atoms with Gasteiger partial charge in [-0.25, -0.2) is 9.37 Å². The maximum absolute atomic E-state index is 13.1. The quantitative estimate of drug-likeness (QED) is 0.811. The summed E-state index contributed by atoms with van der Waals surface area (Å²) in [6.45, 7) is 1.73. The highest BCUT2D eigenvalue weighted by atomic mass is 32.1. The number of benzene rings is 1. The summed E-state index contributed by atoms with van der Waals surface area (Å²) in [5.41, 5.74) is 7.01. The number of hydrogen-bond donors (Lipinski definition) is 3. The number of nitrogen functional groups attached to an aromatic ring is 1. The van der Waals surface area contributed by atoms with E-state index < -0.39 is 0 Å². The lowest BCUT2D eigenvalue weighted by atomic mass is 10.2. The summed E-state index contributed by atoms with van der Waals surface area (Å²) in [6.07, 6.45) is 2.24. The summed E-state index contributed by atoms with van der Waals surface area (Å²) in [7, 11) is 0. The fraction of sp³-hybridized carbons (Fsp3) is 0.286. The van der Waals surface area contributed by atoms with Gasteiger partial charge in [0.15, 0.2) is 5.13 Å². The smallest absolute Gasteiger partial charge is 0.269 e. The van der Waals surface area contributed by atoms with Gasteiger partial charge in [-0.15, -0.1) is 0 Å². The molecule has 3 rings (SSSR count). The van der Waals surface area contributed by atoms with Crippen LogP contribution < -0.4 is 16.4 Å². The normalized spacial score (nSPS) is 14.0. The van der Waals surface area contributed by atoms with Crippen LogP contribution in [0.1, 0.15) is 28.1 Å². The van der Waals surface area contributed by atoms with Crippen molar-refractivity contribution in [2.24, 2.45) is 0 Å². The zero-order valence-corrected chi connectivity index (χ0v) is 12.3. The fourth-order valence-corrected chi connectivity index (χ4v) is 2.76. The van der Waals surface area contributed by atoms with E-state index in [1.807, 2.05) is 0 Å². The highest BCUT2D eigenvalue weighted by Crippen LogP contribution is 2.31. The number of nitrogens with two attached hydrogens (primary N) is 1. The molecule has 1 aliphatic carbocycles. The van der Waals surface area contributed by atoms with Crippen molar-refractivity contribution in [1.29, 1.82) is 0 Å². The number of halogens is 1. The number of nitrogens with zero attached hydrogens (tertiary/aromatic N) is 1. The highest BCUT2D eigenvalue weighted by molar-refractivity contribution is 7.18. The first-order chi connectivity index (χ1) is 10.0. The van der Waals surface area contributed by atoms with Gasteiger partial charge in [-0.3, -0.25) is 4.79 Å². The van der Waals surface area contributed by atoms with E-state index in [1.165, 1.54) is 29.5 Å². The van der Waals surface area contributed by atoms with Crippen LogP contribution in [0.4, 0.5) is 21.0 Å². The van der Waals surface area contributed by atoms with Crippen molar-refractivity contribution in [3.05, 3.63) is 34.5 Å². The van der Waals surface area contributed by atoms with Crippen LogP contribution in [0.3, 0.4) is 0 Å². The molecule has 0 spiro atoms. The van der Waals surface area contributed by atoms with Crippen molar-refractivity contribution < 1.29 is 9.18 Å². The molecule has 1 aromatic heterocycles. The molecule has 1 aliphatic rings. The molecule has 1 saturated carbocycles. The van der Waals surface area contributed by atoms with Gasteiger partial charge < -0.3 is 16.4 Å². The zero-order chi connectivity index (χ0) is 15.0. The maximum Gasteiger partial charge on any atom is 0.269 e. The first-order valence-corrected chi connectivity index (χ1v) is 7.45. The van der Waals surface area contributed by atoms with Crippen molar-refractivity contribution in [3.8, 4) is 0 Å². The monoisotopic (exact) mass is 306 g/mol. The molecular formula is C14H15FN4OS. The summed E-state index contributed by atoms with van der Waals surface area (Å²) in [5, 5.41) is 6.61. The molecule has 1 aromatic carbocycles. The summed E-state index contributed by atoms with van der Waals surface area (Å²) in [4.78, 5) is 16.8. The second-order valence-electron chi connectivity index (χ2n) is 5.07. The molecule has 0 aliphatic heterocycles.